The van der Waals surface area contributed by atoms with Crippen molar-refractivity contribution in [1.82, 2.24) is 4.90 Å². The molecule has 0 spiro atoms. The Bertz CT molecular complexity index is 361. The van der Waals surface area contributed by atoms with Gasteiger partial charge in [0.15, 0.2) is 0 Å². The molecule has 3 heteroatoms. The van der Waals surface area contributed by atoms with Crippen LogP contribution in [0.25, 0.3) is 0 Å². The second kappa shape index (κ2) is 6.32. The smallest absolute Gasteiger partial charge is 0.0681 e. The Hall–Kier alpha value is -0.900. The highest BCUT2D eigenvalue weighted by Crippen LogP contribution is 2.22. The van der Waals surface area contributed by atoms with Crippen molar-refractivity contribution in [2.24, 2.45) is 0 Å². The molecular formula is C15H23NO2. The highest BCUT2D eigenvalue weighted by molar-refractivity contribution is 5.22. The van der Waals surface area contributed by atoms with Gasteiger partial charge < -0.3 is 10.2 Å². The minimum atomic E-state index is -0.262. The maximum absolute atomic E-state index is 9.83. The highest BCUT2D eigenvalue weighted by atomic mass is 16.3. The molecule has 1 aromatic rings. The number of piperidine rings is 1. The molecule has 2 rings (SSSR count). The standard InChI is InChI=1S/C15H23NO2/c1-12(18)15-4-2-3-9-16(15)10-13-5-7-14(11-17)8-6-13/h5-8,12,15,17-18H,2-4,9-11H2,1H3. The van der Waals surface area contributed by atoms with E-state index in [1.54, 1.807) is 0 Å². The van der Waals surface area contributed by atoms with Crippen molar-refractivity contribution >= 4 is 0 Å². The summed E-state index contributed by atoms with van der Waals surface area (Å²) < 4.78 is 0. The van der Waals surface area contributed by atoms with Crippen molar-refractivity contribution in [3.8, 4) is 0 Å². The zero-order valence-corrected chi connectivity index (χ0v) is 11.0. The van der Waals surface area contributed by atoms with Crippen LogP contribution in [0.5, 0.6) is 0 Å². The maximum Gasteiger partial charge on any atom is 0.0681 e. The van der Waals surface area contributed by atoms with Crippen LogP contribution >= 0.6 is 0 Å². The number of hydrogen-bond acceptors (Lipinski definition) is 3. The van der Waals surface area contributed by atoms with Crippen LogP contribution in [0.3, 0.4) is 0 Å². The minimum absolute atomic E-state index is 0.0975. The van der Waals surface area contributed by atoms with Crippen molar-refractivity contribution in [3.05, 3.63) is 35.4 Å². The maximum atomic E-state index is 9.83. The van der Waals surface area contributed by atoms with Crippen molar-refractivity contribution < 1.29 is 10.2 Å². The number of aliphatic hydroxyl groups is 2. The van der Waals surface area contributed by atoms with Gasteiger partial charge in [-0.25, -0.2) is 0 Å². The highest BCUT2D eigenvalue weighted by Gasteiger charge is 2.25. The fraction of sp³-hybridized carbons (Fsp3) is 0.600. The van der Waals surface area contributed by atoms with Gasteiger partial charge in [0.25, 0.3) is 0 Å². The average Bonchev–Trinajstić information content (AvgIpc) is 2.40. The lowest BCUT2D eigenvalue weighted by Gasteiger charge is -2.37. The average molecular weight is 249 g/mol. The fourth-order valence-electron chi connectivity index (χ4n) is 2.74. The Labute approximate surface area is 109 Å². The molecule has 1 aliphatic rings. The minimum Gasteiger partial charge on any atom is -0.392 e. The summed E-state index contributed by atoms with van der Waals surface area (Å²) in [5.74, 6) is 0. The van der Waals surface area contributed by atoms with E-state index in [1.165, 1.54) is 18.4 Å². The first-order valence-corrected chi connectivity index (χ1v) is 6.81. The topological polar surface area (TPSA) is 43.7 Å². The predicted octanol–water partition coefficient (Wildman–Crippen LogP) is 1.91. The molecule has 1 aliphatic heterocycles. The summed E-state index contributed by atoms with van der Waals surface area (Å²) >= 11 is 0. The Morgan fingerprint density at radius 2 is 1.89 bits per heavy atom. The molecule has 18 heavy (non-hydrogen) atoms. The van der Waals surface area contributed by atoms with E-state index < -0.39 is 0 Å². The third-order valence-corrected chi connectivity index (χ3v) is 3.81. The van der Waals surface area contributed by atoms with Gasteiger partial charge in [-0.3, -0.25) is 4.90 Å². The Kier molecular flexibility index (Phi) is 4.75. The molecule has 1 fully saturated rings. The molecule has 2 unspecified atom stereocenters. The molecule has 0 radical (unpaired) electrons. The number of benzene rings is 1. The van der Waals surface area contributed by atoms with Crippen LogP contribution in [0.15, 0.2) is 24.3 Å². The number of nitrogens with zero attached hydrogens (tertiary/aromatic N) is 1. The van der Waals surface area contributed by atoms with Gasteiger partial charge in [-0.15, -0.1) is 0 Å². The summed E-state index contributed by atoms with van der Waals surface area (Å²) in [5.41, 5.74) is 2.20. The lowest BCUT2D eigenvalue weighted by molar-refractivity contribution is 0.0317. The molecule has 0 amide bonds. The molecule has 1 aromatic carbocycles. The van der Waals surface area contributed by atoms with Gasteiger partial charge in [0, 0.05) is 12.6 Å². The normalized spacial score (nSPS) is 22.9. The first-order valence-electron chi connectivity index (χ1n) is 6.81. The molecule has 2 N–H and O–H groups in total. The number of aliphatic hydroxyl groups excluding tert-OH is 2. The van der Waals surface area contributed by atoms with Crippen molar-refractivity contribution in [3.63, 3.8) is 0 Å². The number of likely N-dealkylation sites (tertiary alicyclic amines) is 1. The zero-order valence-electron chi connectivity index (χ0n) is 11.0. The quantitative estimate of drug-likeness (QED) is 0.856. The summed E-state index contributed by atoms with van der Waals surface area (Å²) in [6.45, 7) is 3.94. The van der Waals surface area contributed by atoms with Gasteiger partial charge in [0.1, 0.15) is 0 Å². The molecule has 0 bridgehead atoms. The molecule has 0 aromatic heterocycles. The molecule has 0 saturated carbocycles. The van der Waals surface area contributed by atoms with Crippen molar-refractivity contribution in [1.29, 1.82) is 0 Å². The SMILES string of the molecule is CC(O)C1CCCCN1Cc1ccc(CO)cc1. The van der Waals surface area contributed by atoms with Crippen LogP contribution in [-0.4, -0.2) is 33.8 Å². The molecule has 0 aliphatic carbocycles. The first-order chi connectivity index (χ1) is 8.70. The van der Waals surface area contributed by atoms with Crippen LogP contribution in [-0.2, 0) is 13.2 Å². The first kappa shape index (κ1) is 13.5. The van der Waals surface area contributed by atoms with E-state index >= 15 is 0 Å². The van der Waals surface area contributed by atoms with E-state index in [4.69, 9.17) is 5.11 Å². The van der Waals surface area contributed by atoms with Crippen LogP contribution in [0, 0.1) is 0 Å². The van der Waals surface area contributed by atoms with Gasteiger partial charge in [-0.2, -0.15) is 0 Å². The zero-order chi connectivity index (χ0) is 13.0. The van der Waals surface area contributed by atoms with Crippen molar-refractivity contribution in [2.75, 3.05) is 6.54 Å². The van der Waals surface area contributed by atoms with Gasteiger partial charge >= 0.3 is 0 Å². The Morgan fingerprint density at radius 3 is 2.50 bits per heavy atom. The predicted molar refractivity (Wildman–Crippen MR) is 72.1 cm³/mol. The van der Waals surface area contributed by atoms with Crippen molar-refractivity contribution in [2.45, 2.75) is 51.5 Å². The number of hydrogen-bond donors (Lipinski definition) is 2. The lowest BCUT2D eigenvalue weighted by Crippen LogP contribution is -2.45. The molecule has 3 nitrogen and oxygen atoms in total. The third-order valence-electron chi connectivity index (χ3n) is 3.81. The van der Waals surface area contributed by atoms with Gasteiger partial charge in [0.05, 0.1) is 12.7 Å². The van der Waals surface area contributed by atoms with E-state index in [1.807, 2.05) is 19.1 Å². The van der Waals surface area contributed by atoms with E-state index in [-0.39, 0.29) is 18.8 Å². The van der Waals surface area contributed by atoms with Crippen LogP contribution in [0.2, 0.25) is 0 Å². The summed E-state index contributed by atoms with van der Waals surface area (Å²) in [6.07, 6.45) is 3.27. The Balaban J connectivity index is 2.01. The molecule has 1 saturated heterocycles. The lowest BCUT2D eigenvalue weighted by atomic mass is 9.97. The second-order valence-electron chi connectivity index (χ2n) is 5.25. The second-order valence-corrected chi connectivity index (χ2v) is 5.25. The van der Waals surface area contributed by atoms with Crippen LogP contribution < -0.4 is 0 Å². The summed E-state index contributed by atoms with van der Waals surface area (Å²) in [6, 6.07) is 8.36. The van der Waals surface area contributed by atoms with E-state index in [0.29, 0.717) is 0 Å². The third kappa shape index (κ3) is 3.31. The molecular weight excluding hydrogens is 226 g/mol. The van der Waals surface area contributed by atoms with E-state index in [0.717, 1.165) is 25.1 Å². The number of rotatable bonds is 4. The summed E-state index contributed by atoms with van der Waals surface area (Å²) in [7, 11) is 0. The van der Waals surface area contributed by atoms with E-state index in [2.05, 4.69) is 17.0 Å². The summed E-state index contributed by atoms with van der Waals surface area (Å²) in [5, 5.41) is 18.9. The van der Waals surface area contributed by atoms with Gasteiger partial charge in [-0.1, -0.05) is 30.7 Å². The monoisotopic (exact) mass is 249 g/mol. The summed E-state index contributed by atoms with van der Waals surface area (Å²) in [4.78, 5) is 2.38. The fourth-order valence-corrected chi connectivity index (χ4v) is 2.74. The van der Waals surface area contributed by atoms with Crippen LogP contribution in [0.4, 0.5) is 0 Å². The molecule has 100 valence electrons. The van der Waals surface area contributed by atoms with Crippen LogP contribution in [0.1, 0.15) is 37.3 Å². The van der Waals surface area contributed by atoms with Gasteiger partial charge in [-0.05, 0) is 37.4 Å². The largest absolute Gasteiger partial charge is 0.392 e. The van der Waals surface area contributed by atoms with Gasteiger partial charge in [0.2, 0.25) is 0 Å². The molecule has 1 heterocycles. The Morgan fingerprint density at radius 1 is 1.22 bits per heavy atom. The van der Waals surface area contributed by atoms with E-state index in [9.17, 15) is 5.11 Å². The molecule has 2 atom stereocenters.